The summed E-state index contributed by atoms with van der Waals surface area (Å²) in [5.74, 6) is -3.44. The molecule has 2 amide bonds. The Labute approximate surface area is 175 Å². The van der Waals surface area contributed by atoms with Gasteiger partial charge in [0, 0.05) is 10.8 Å². The second-order valence-electron chi connectivity index (χ2n) is 8.28. The third-order valence-corrected chi connectivity index (χ3v) is 7.75. The number of nitrogens with zero attached hydrogens (tertiary/aromatic N) is 1. The van der Waals surface area contributed by atoms with Crippen LogP contribution in [0.4, 0.5) is 0 Å². The van der Waals surface area contributed by atoms with E-state index in [1.165, 1.54) is 0 Å². The summed E-state index contributed by atoms with van der Waals surface area (Å²) in [4.78, 5) is 53.1. The smallest absolute Gasteiger partial charge is 0.323 e. The maximum atomic E-state index is 13.1. The Morgan fingerprint density at radius 2 is 1.79 bits per heavy atom. The van der Waals surface area contributed by atoms with Gasteiger partial charge in [0.05, 0.1) is 10.9 Å². The van der Waals surface area contributed by atoms with Crippen molar-refractivity contribution in [1.82, 2.24) is 9.88 Å². The number of thiazole rings is 1. The topological polar surface area (TPSA) is 108 Å². The maximum Gasteiger partial charge on any atom is 0.323 e. The van der Waals surface area contributed by atoms with Crippen LogP contribution in [0.25, 0.3) is 0 Å². The number of likely N-dealkylation sites (tertiary alicyclic amines) is 1. The Bertz CT molecular complexity index is 1060. The first-order valence-electron chi connectivity index (χ1n) is 9.15. The molecule has 2 aliphatic rings. The molecule has 4 rings (SSSR count). The molecule has 1 aromatic carbocycles. The van der Waals surface area contributed by atoms with Crippen LogP contribution in [0, 0.1) is 5.92 Å². The molecule has 152 valence electrons. The molecular weight excluding hydrogens is 412 g/mol. The van der Waals surface area contributed by atoms with Crippen LogP contribution in [0.3, 0.4) is 0 Å². The number of aromatic nitrogens is 1. The molecule has 9 heteroatoms. The summed E-state index contributed by atoms with van der Waals surface area (Å²) in [5.41, 5.74) is 1.93. The second-order valence-corrected chi connectivity index (χ2v) is 10.4. The number of hydrogen-bond donors (Lipinski definition) is 2. The Morgan fingerprint density at radius 3 is 2.38 bits per heavy atom. The van der Waals surface area contributed by atoms with Gasteiger partial charge in [-0.15, -0.1) is 0 Å². The van der Waals surface area contributed by atoms with E-state index in [-0.39, 0.29) is 10.3 Å². The number of imide groups is 1. The first kappa shape index (κ1) is 19.9. The van der Waals surface area contributed by atoms with Crippen LogP contribution in [-0.4, -0.2) is 44.6 Å². The van der Waals surface area contributed by atoms with Crippen molar-refractivity contribution in [2.24, 2.45) is 5.92 Å². The van der Waals surface area contributed by atoms with Crippen LogP contribution in [0.2, 0.25) is 0 Å². The molecule has 2 aromatic rings. The molecule has 0 unspecified atom stereocenters. The summed E-state index contributed by atoms with van der Waals surface area (Å²) in [6.07, 6.45) is 0. The van der Waals surface area contributed by atoms with Gasteiger partial charge in [-0.1, -0.05) is 68.1 Å². The van der Waals surface area contributed by atoms with Crippen molar-refractivity contribution in [3.05, 3.63) is 49.9 Å². The quantitative estimate of drug-likeness (QED) is 0.722. The number of thioether (sulfide) groups is 1. The van der Waals surface area contributed by atoms with Gasteiger partial charge < -0.3 is 10.1 Å². The highest BCUT2D eigenvalue weighted by Crippen LogP contribution is 2.52. The summed E-state index contributed by atoms with van der Waals surface area (Å²) in [7, 11) is 0. The van der Waals surface area contributed by atoms with Crippen molar-refractivity contribution in [1.29, 1.82) is 0 Å². The predicted molar refractivity (Wildman–Crippen MR) is 109 cm³/mol. The largest absolute Gasteiger partial charge is 0.480 e. The average molecular weight is 433 g/mol. The van der Waals surface area contributed by atoms with Crippen molar-refractivity contribution < 1.29 is 19.5 Å². The Balaban J connectivity index is 1.81. The van der Waals surface area contributed by atoms with Crippen LogP contribution in [0.5, 0.6) is 0 Å². The Kier molecular flexibility index (Phi) is 4.70. The van der Waals surface area contributed by atoms with Crippen molar-refractivity contribution in [3.63, 3.8) is 0 Å². The average Bonchev–Trinajstić information content (AvgIpc) is 3.11. The molecule has 1 saturated heterocycles. The van der Waals surface area contributed by atoms with E-state index in [1.807, 2.05) is 24.3 Å². The van der Waals surface area contributed by atoms with Crippen LogP contribution in [-0.2, 0) is 19.8 Å². The number of hydrogen-bond acceptors (Lipinski definition) is 6. The monoisotopic (exact) mass is 432 g/mol. The van der Waals surface area contributed by atoms with Crippen molar-refractivity contribution in [2.75, 3.05) is 6.54 Å². The number of fused-ring (bicyclic) bond motifs is 2. The van der Waals surface area contributed by atoms with Gasteiger partial charge in [-0.2, -0.15) is 0 Å². The predicted octanol–water partition coefficient (Wildman–Crippen LogP) is 2.41. The second kappa shape index (κ2) is 6.84. The van der Waals surface area contributed by atoms with E-state index in [4.69, 9.17) is 5.11 Å². The molecule has 1 fully saturated rings. The first-order valence-corrected chi connectivity index (χ1v) is 10.8. The molecule has 29 heavy (non-hydrogen) atoms. The van der Waals surface area contributed by atoms with Gasteiger partial charge in [-0.3, -0.25) is 24.1 Å². The lowest BCUT2D eigenvalue weighted by Crippen LogP contribution is -2.36. The number of rotatable bonds is 3. The summed E-state index contributed by atoms with van der Waals surface area (Å²) < 4.78 is 0. The summed E-state index contributed by atoms with van der Waals surface area (Å²) in [6, 6.07) is 7.86. The lowest BCUT2D eigenvalue weighted by atomic mass is 9.81. The highest BCUT2D eigenvalue weighted by atomic mass is 32.2. The minimum Gasteiger partial charge on any atom is -0.480 e. The number of aromatic amines is 1. The molecular formula is C20H20N2O5S2. The van der Waals surface area contributed by atoms with Gasteiger partial charge in [0.1, 0.15) is 11.8 Å². The van der Waals surface area contributed by atoms with Crippen LogP contribution >= 0.6 is 23.1 Å². The SMILES string of the molecule is CC(C)(C)c1ccc([C@@H]2c3sc(=O)[nH]c3S[C@@H]3C(=O)N(CC(=O)O)C(=O)[C@H]23)cc1. The fourth-order valence-electron chi connectivity index (χ4n) is 3.91. The summed E-state index contributed by atoms with van der Waals surface area (Å²) in [6.45, 7) is 5.67. The van der Waals surface area contributed by atoms with Gasteiger partial charge in [0.15, 0.2) is 0 Å². The fourth-order valence-corrected chi connectivity index (χ4v) is 6.45. The van der Waals surface area contributed by atoms with E-state index in [2.05, 4.69) is 25.8 Å². The highest BCUT2D eigenvalue weighted by molar-refractivity contribution is 8.00. The number of carbonyl (C=O) groups excluding carboxylic acids is 2. The van der Waals surface area contributed by atoms with E-state index in [0.29, 0.717) is 5.03 Å². The van der Waals surface area contributed by atoms with Crippen LogP contribution in [0.1, 0.15) is 42.7 Å². The third-order valence-electron chi connectivity index (χ3n) is 5.34. The number of amides is 2. The van der Waals surface area contributed by atoms with Gasteiger partial charge in [0.25, 0.3) is 0 Å². The van der Waals surface area contributed by atoms with Gasteiger partial charge in [-0.25, -0.2) is 0 Å². The summed E-state index contributed by atoms with van der Waals surface area (Å²) in [5, 5.41) is 8.95. The van der Waals surface area contributed by atoms with Crippen LogP contribution < -0.4 is 4.87 Å². The number of carbonyl (C=O) groups is 3. The molecule has 3 atom stereocenters. The standard InChI is InChI=1S/C20H20N2O5S2/c1-20(2,3)10-6-4-9(5-7-10)12-13-15(28-16-14(12)29-19(27)21-16)18(26)22(17(13)25)8-11(23)24/h4-7,12-13,15H,8H2,1-3H3,(H,21,27)(H,23,24)/t12-,13+,15-/m0/s1. The summed E-state index contributed by atoms with van der Waals surface area (Å²) >= 11 is 2.19. The van der Waals surface area contributed by atoms with Gasteiger partial charge in [-0.05, 0) is 16.5 Å². The zero-order chi connectivity index (χ0) is 21.1. The Morgan fingerprint density at radius 1 is 1.14 bits per heavy atom. The highest BCUT2D eigenvalue weighted by Gasteiger charge is 2.56. The molecule has 0 bridgehead atoms. The molecule has 0 radical (unpaired) electrons. The minimum atomic E-state index is -1.23. The molecule has 1 aromatic heterocycles. The fraction of sp³-hybridized carbons (Fsp3) is 0.400. The van der Waals surface area contributed by atoms with E-state index in [0.717, 1.165) is 44.0 Å². The van der Waals surface area contributed by atoms with Crippen molar-refractivity contribution in [3.8, 4) is 0 Å². The molecule has 0 saturated carbocycles. The molecule has 0 aliphatic carbocycles. The molecule has 2 aliphatic heterocycles. The van der Waals surface area contributed by atoms with Crippen molar-refractivity contribution in [2.45, 2.75) is 42.4 Å². The third kappa shape index (κ3) is 3.32. The lowest BCUT2D eigenvalue weighted by molar-refractivity contribution is -0.149. The van der Waals surface area contributed by atoms with Gasteiger partial charge in [0.2, 0.25) is 11.8 Å². The number of benzene rings is 1. The minimum absolute atomic E-state index is 0.0367. The Hall–Kier alpha value is -2.39. The number of carboxylic acid groups (broad SMARTS) is 1. The van der Waals surface area contributed by atoms with Gasteiger partial charge >= 0.3 is 10.8 Å². The molecule has 2 N–H and O–H groups in total. The number of aliphatic carboxylic acids is 1. The maximum absolute atomic E-state index is 13.1. The zero-order valence-electron chi connectivity index (χ0n) is 16.1. The van der Waals surface area contributed by atoms with E-state index >= 15 is 0 Å². The molecule has 0 spiro atoms. The van der Waals surface area contributed by atoms with E-state index in [9.17, 15) is 19.2 Å². The molecule has 3 heterocycles. The van der Waals surface area contributed by atoms with E-state index < -0.39 is 41.4 Å². The normalized spacial score (nSPS) is 23.8. The zero-order valence-corrected chi connectivity index (χ0v) is 17.7. The number of carboxylic acids is 1. The van der Waals surface area contributed by atoms with Crippen LogP contribution in [0.15, 0.2) is 34.1 Å². The number of H-pyrrole nitrogens is 1. The first-order chi connectivity index (χ1) is 13.6. The molecule has 7 nitrogen and oxygen atoms in total. The number of nitrogens with one attached hydrogen (secondary N) is 1. The lowest BCUT2D eigenvalue weighted by Gasteiger charge is -2.30. The van der Waals surface area contributed by atoms with E-state index in [1.54, 1.807) is 0 Å². The van der Waals surface area contributed by atoms with Crippen molar-refractivity contribution >= 4 is 40.9 Å².